The van der Waals surface area contributed by atoms with Crippen LogP contribution in [0.25, 0.3) is 11.1 Å². The van der Waals surface area contributed by atoms with Gasteiger partial charge in [0, 0.05) is 23.7 Å². The summed E-state index contributed by atoms with van der Waals surface area (Å²) in [4.78, 5) is 12.1. The predicted molar refractivity (Wildman–Crippen MR) is 88.0 cm³/mol. The fraction of sp³-hybridized carbons (Fsp3) is 0.353. The first kappa shape index (κ1) is 17.7. The summed E-state index contributed by atoms with van der Waals surface area (Å²) < 4.78 is 43.2. The molecule has 2 heterocycles. The Morgan fingerprint density at radius 2 is 2.12 bits per heavy atom. The molecule has 0 spiro atoms. The standard InChI is InChI=1S/C17H16ClF3N2O2/c1-10-14(11-3-2-4-13(7-11)25-17(19,20)21)8-15-16(24)22-9-12(5-6-18)23(10)15/h2-4,7-8,12H,5-6,9H2,1H3,(H,22,24). The molecule has 0 fully saturated rings. The first-order chi connectivity index (χ1) is 11.8. The van der Waals surface area contributed by atoms with E-state index in [1.54, 1.807) is 12.1 Å². The van der Waals surface area contributed by atoms with E-state index in [0.29, 0.717) is 35.7 Å². The lowest BCUT2D eigenvalue weighted by atomic mass is 10.1. The second kappa shape index (κ2) is 6.63. The zero-order valence-corrected chi connectivity index (χ0v) is 14.1. The van der Waals surface area contributed by atoms with Crippen molar-refractivity contribution in [2.24, 2.45) is 0 Å². The quantitative estimate of drug-likeness (QED) is 0.814. The van der Waals surface area contributed by atoms with E-state index in [-0.39, 0.29) is 17.7 Å². The predicted octanol–water partition coefficient (Wildman–Crippen LogP) is 4.28. The van der Waals surface area contributed by atoms with Crippen molar-refractivity contribution in [3.63, 3.8) is 0 Å². The van der Waals surface area contributed by atoms with Gasteiger partial charge in [0.15, 0.2) is 0 Å². The maximum absolute atomic E-state index is 12.4. The third-order valence-electron chi connectivity index (χ3n) is 4.21. The Morgan fingerprint density at radius 1 is 1.36 bits per heavy atom. The van der Waals surface area contributed by atoms with Crippen LogP contribution in [0.3, 0.4) is 0 Å². The zero-order chi connectivity index (χ0) is 18.2. The highest BCUT2D eigenvalue weighted by Crippen LogP contribution is 2.34. The number of hydrogen-bond donors (Lipinski definition) is 1. The van der Waals surface area contributed by atoms with E-state index >= 15 is 0 Å². The molecule has 0 saturated carbocycles. The van der Waals surface area contributed by atoms with Gasteiger partial charge in [0.1, 0.15) is 11.4 Å². The molecule has 8 heteroatoms. The molecule has 25 heavy (non-hydrogen) atoms. The number of halogens is 4. The van der Waals surface area contributed by atoms with Crippen LogP contribution < -0.4 is 10.1 Å². The van der Waals surface area contributed by atoms with Gasteiger partial charge in [-0.25, -0.2) is 0 Å². The SMILES string of the molecule is Cc1c(-c2cccc(OC(F)(F)F)c2)cc2n1C(CCCl)CNC2=O. The van der Waals surface area contributed by atoms with Crippen LogP contribution in [0.4, 0.5) is 13.2 Å². The Bertz CT molecular complexity index is 802. The van der Waals surface area contributed by atoms with Gasteiger partial charge in [-0.05, 0) is 37.1 Å². The molecule has 0 radical (unpaired) electrons. The van der Waals surface area contributed by atoms with E-state index in [2.05, 4.69) is 10.1 Å². The van der Waals surface area contributed by atoms with Gasteiger partial charge in [-0.2, -0.15) is 0 Å². The Hall–Kier alpha value is -2.15. The van der Waals surface area contributed by atoms with Gasteiger partial charge in [-0.15, -0.1) is 24.8 Å². The third kappa shape index (κ3) is 3.61. The molecule has 1 N–H and O–H groups in total. The van der Waals surface area contributed by atoms with Gasteiger partial charge < -0.3 is 14.6 Å². The molecular formula is C17H16ClF3N2O2. The minimum absolute atomic E-state index is 0.0218. The highest BCUT2D eigenvalue weighted by molar-refractivity contribution is 6.17. The molecule has 1 aliphatic heterocycles. The lowest BCUT2D eigenvalue weighted by molar-refractivity contribution is -0.274. The Balaban J connectivity index is 2.03. The van der Waals surface area contributed by atoms with Crippen molar-refractivity contribution >= 4 is 17.5 Å². The molecule has 1 amide bonds. The minimum Gasteiger partial charge on any atom is -0.406 e. The van der Waals surface area contributed by atoms with Gasteiger partial charge in [0.25, 0.3) is 5.91 Å². The minimum atomic E-state index is -4.75. The molecule has 1 aromatic carbocycles. The summed E-state index contributed by atoms with van der Waals surface area (Å²) in [5, 5.41) is 2.82. The highest BCUT2D eigenvalue weighted by atomic mass is 35.5. The summed E-state index contributed by atoms with van der Waals surface area (Å²) in [6, 6.07) is 7.45. The van der Waals surface area contributed by atoms with Crippen molar-refractivity contribution in [2.75, 3.05) is 12.4 Å². The summed E-state index contributed by atoms with van der Waals surface area (Å²) in [5.74, 6) is -0.0554. The maximum Gasteiger partial charge on any atom is 0.573 e. The first-order valence-electron chi connectivity index (χ1n) is 7.72. The van der Waals surface area contributed by atoms with Crippen LogP contribution in [0.2, 0.25) is 0 Å². The van der Waals surface area contributed by atoms with Gasteiger partial charge in [-0.3, -0.25) is 4.79 Å². The van der Waals surface area contributed by atoms with Crippen molar-refractivity contribution in [1.29, 1.82) is 0 Å². The smallest absolute Gasteiger partial charge is 0.406 e. The number of nitrogens with one attached hydrogen (secondary N) is 1. The topological polar surface area (TPSA) is 43.3 Å². The van der Waals surface area contributed by atoms with Gasteiger partial charge in [-0.1, -0.05) is 12.1 Å². The zero-order valence-electron chi connectivity index (χ0n) is 13.4. The van der Waals surface area contributed by atoms with Crippen molar-refractivity contribution in [2.45, 2.75) is 25.7 Å². The summed E-state index contributed by atoms with van der Waals surface area (Å²) in [7, 11) is 0. The van der Waals surface area contributed by atoms with Crippen LogP contribution in [0.15, 0.2) is 30.3 Å². The fourth-order valence-corrected chi connectivity index (χ4v) is 3.42. The van der Waals surface area contributed by atoms with Crippen LogP contribution in [0.1, 0.15) is 28.6 Å². The number of benzene rings is 1. The molecule has 3 rings (SSSR count). The molecule has 2 aromatic rings. The summed E-state index contributed by atoms with van der Waals surface area (Å²) in [5.41, 5.74) is 2.54. The second-order valence-corrected chi connectivity index (χ2v) is 6.19. The molecular weight excluding hydrogens is 357 g/mol. The largest absolute Gasteiger partial charge is 0.573 e. The third-order valence-corrected chi connectivity index (χ3v) is 4.43. The summed E-state index contributed by atoms with van der Waals surface area (Å²) in [6.45, 7) is 2.32. The Morgan fingerprint density at radius 3 is 2.80 bits per heavy atom. The van der Waals surface area contributed by atoms with Crippen LogP contribution in [0.5, 0.6) is 5.75 Å². The van der Waals surface area contributed by atoms with Crippen molar-refractivity contribution in [3.05, 3.63) is 41.7 Å². The van der Waals surface area contributed by atoms with E-state index in [9.17, 15) is 18.0 Å². The Kier molecular flexibility index (Phi) is 4.69. The van der Waals surface area contributed by atoms with Crippen LogP contribution >= 0.6 is 11.6 Å². The summed E-state index contributed by atoms with van der Waals surface area (Å²) in [6.07, 6.45) is -4.07. The van der Waals surface area contributed by atoms with E-state index in [1.807, 2.05) is 11.5 Å². The number of rotatable bonds is 4. The molecule has 1 unspecified atom stereocenters. The number of carbonyl (C=O) groups is 1. The van der Waals surface area contributed by atoms with E-state index in [0.717, 1.165) is 5.69 Å². The number of ether oxygens (including phenoxy) is 1. The van der Waals surface area contributed by atoms with Crippen molar-refractivity contribution in [1.82, 2.24) is 9.88 Å². The lowest BCUT2D eigenvalue weighted by Gasteiger charge is -2.27. The normalized spacial score (nSPS) is 17.2. The van der Waals surface area contributed by atoms with Gasteiger partial charge in [0.05, 0.1) is 6.04 Å². The molecule has 0 saturated heterocycles. The average Bonchev–Trinajstić information content (AvgIpc) is 2.88. The van der Waals surface area contributed by atoms with E-state index in [1.165, 1.54) is 18.2 Å². The monoisotopic (exact) mass is 372 g/mol. The number of nitrogens with zero attached hydrogens (tertiary/aromatic N) is 1. The van der Waals surface area contributed by atoms with Gasteiger partial charge >= 0.3 is 6.36 Å². The molecule has 4 nitrogen and oxygen atoms in total. The van der Waals surface area contributed by atoms with Crippen molar-refractivity contribution in [3.8, 4) is 16.9 Å². The molecule has 1 aliphatic rings. The number of fused-ring (bicyclic) bond motifs is 1. The van der Waals surface area contributed by atoms with Crippen LogP contribution in [-0.2, 0) is 0 Å². The number of aromatic nitrogens is 1. The number of hydrogen-bond acceptors (Lipinski definition) is 2. The number of alkyl halides is 4. The Labute approximate surface area is 147 Å². The van der Waals surface area contributed by atoms with Crippen LogP contribution in [-0.4, -0.2) is 29.3 Å². The molecule has 0 aliphatic carbocycles. The van der Waals surface area contributed by atoms with E-state index < -0.39 is 6.36 Å². The van der Waals surface area contributed by atoms with E-state index in [4.69, 9.17) is 11.6 Å². The molecule has 1 atom stereocenters. The van der Waals surface area contributed by atoms with Gasteiger partial charge in [0.2, 0.25) is 0 Å². The second-order valence-electron chi connectivity index (χ2n) is 5.82. The maximum atomic E-state index is 12.4. The van der Waals surface area contributed by atoms with Crippen molar-refractivity contribution < 1.29 is 22.7 Å². The lowest BCUT2D eigenvalue weighted by Crippen LogP contribution is -2.39. The molecule has 1 aromatic heterocycles. The first-order valence-corrected chi connectivity index (χ1v) is 8.26. The summed E-state index contributed by atoms with van der Waals surface area (Å²) >= 11 is 5.85. The van der Waals surface area contributed by atoms with Crippen LogP contribution in [0, 0.1) is 6.92 Å². The number of carbonyl (C=O) groups excluding carboxylic acids is 1. The number of amides is 1. The highest BCUT2D eigenvalue weighted by Gasteiger charge is 2.32. The molecule has 134 valence electrons. The average molecular weight is 373 g/mol. The molecule has 0 bridgehead atoms. The fourth-order valence-electron chi connectivity index (χ4n) is 3.17.